The van der Waals surface area contributed by atoms with E-state index in [1.54, 1.807) is 6.20 Å². The van der Waals surface area contributed by atoms with Crippen molar-refractivity contribution in [1.29, 1.82) is 0 Å². The normalized spacial score (nSPS) is 21.7. The third kappa shape index (κ3) is 2.13. The van der Waals surface area contributed by atoms with E-state index >= 15 is 0 Å². The van der Waals surface area contributed by atoms with Crippen molar-refractivity contribution in [1.82, 2.24) is 4.98 Å². The molecule has 0 amide bonds. The van der Waals surface area contributed by atoms with Crippen molar-refractivity contribution in [2.45, 2.75) is 18.5 Å². The van der Waals surface area contributed by atoms with Gasteiger partial charge in [0.15, 0.2) is 0 Å². The minimum atomic E-state index is 0.124. The Labute approximate surface area is 115 Å². The van der Waals surface area contributed by atoms with Crippen molar-refractivity contribution in [3.05, 3.63) is 58.3 Å². The van der Waals surface area contributed by atoms with Crippen LogP contribution < -0.4 is 11.1 Å². The molecule has 92 valence electrons. The van der Waals surface area contributed by atoms with Gasteiger partial charge in [0.2, 0.25) is 0 Å². The number of anilines is 1. The minimum Gasteiger partial charge on any atom is -0.377 e. The van der Waals surface area contributed by atoms with Gasteiger partial charge in [-0.3, -0.25) is 4.98 Å². The second kappa shape index (κ2) is 4.71. The quantitative estimate of drug-likeness (QED) is 0.894. The molecule has 1 aliphatic rings. The first-order chi connectivity index (χ1) is 8.74. The molecule has 2 unspecified atom stereocenters. The summed E-state index contributed by atoms with van der Waals surface area (Å²) in [5, 5.41) is 3.50. The number of rotatable bonds is 2. The van der Waals surface area contributed by atoms with Crippen LogP contribution >= 0.6 is 15.9 Å². The van der Waals surface area contributed by atoms with Crippen LogP contribution in [0.5, 0.6) is 0 Å². The van der Waals surface area contributed by atoms with Gasteiger partial charge in [0.1, 0.15) is 0 Å². The number of fused-ring (bicyclic) bond motifs is 1. The molecule has 1 heterocycles. The Morgan fingerprint density at radius 2 is 2.00 bits per heavy atom. The lowest BCUT2D eigenvalue weighted by Crippen LogP contribution is -2.10. The third-order valence-corrected chi connectivity index (χ3v) is 3.74. The van der Waals surface area contributed by atoms with Gasteiger partial charge in [-0.1, -0.05) is 24.3 Å². The first-order valence-electron chi connectivity index (χ1n) is 5.95. The maximum absolute atomic E-state index is 6.16. The molecule has 18 heavy (non-hydrogen) atoms. The molecule has 4 heteroatoms. The molecule has 0 spiro atoms. The van der Waals surface area contributed by atoms with Crippen LogP contribution in [0.2, 0.25) is 0 Å². The van der Waals surface area contributed by atoms with E-state index < -0.39 is 0 Å². The predicted octanol–water partition coefficient (Wildman–Crippen LogP) is 3.40. The summed E-state index contributed by atoms with van der Waals surface area (Å²) in [4.78, 5) is 4.16. The van der Waals surface area contributed by atoms with Gasteiger partial charge >= 0.3 is 0 Å². The van der Waals surface area contributed by atoms with E-state index in [9.17, 15) is 0 Å². The molecule has 0 radical (unpaired) electrons. The Balaban J connectivity index is 1.87. The highest BCUT2D eigenvalue weighted by Crippen LogP contribution is 2.39. The lowest BCUT2D eigenvalue weighted by molar-refractivity contribution is 0.648. The predicted molar refractivity (Wildman–Crippen MR) is 76.3 cm³/mol. The maximum atomic E-state index is 6.16. The van der Waals surface area contributed by atoms with E-state index in [4.69, 9.17) is 5.73 Å². The second-order valence-electron chi connectivity index (χ2n) is 4.56. The number of nitrogens with one attached hydrogen (secondary N) is 1. The van der Waals surface area contributed by atoms with Crippen LogP contribution in [0.25, 0.3) is 0 Å². The summed E-state index contributed by atoms with van der Waals surface area (Å²) in [5.74, 6) is 0. The Morgan fingerprint density at radius 3 is 2.78 bits per heavy atom. The van der Waals surface area contributed by atoms with Crippen LogP contribution in [0.1, 0.15) is 29.6 Å². The molecule has 2 aromatic rings. The molecular formula is C14H14BrN3. The smallest absolute Gasteiger partial charge is 0.0542 e. The Kier molecular flexibility index (Phi) is 3.06. The lowest BCUT2D eigenvalue weighted by atomic mass is 10.1. The van der Waals surface area contributed by atoms with Crippen molar-refractivity contribution in [2.24, 2.45) is 5.73 Å². The van der Waals surface area contributed by atoms with Crippen molar-refractivity contribution in [3.63, 3.8) is 0 Å². The average Bonchev–Trinajstić information content (AvgIpc) is 2.67. The lowest BCUT2D eigenvalue weighted by Gasteiger charge is -2.15. The molecule has 3 N–H and O–H groups in total. The first kappa shape index (κ1) is 11.7. The number of pyridine rings is 1. The van der Waals surface area contributed by atoms with E-state index in [0.29, 0.717) is 0 Å². The van der Waals surface area contributed by atoms with Crippen LogP contribution in [-0.2, 0) is 0 Å². The fraction of sp³-hybridized carbons (Fsp3) is 0.214. The zero-order valence-electron chi connectivity index (χ0n) is 9.81. The average molecular weight is 304 g/mol. The number of hydrogen-bond acceptors (Lipinski definition) is 3. The van der Waals surface area contributed by atoms with Crippen LogP contribution in [0.15, 0.2) is 47.2 Å². The van der Waals surface area contributed by atoms with Crippen molar-refractivity contribution >= 4 is 21.6 Å². The van der Waals surface area contributed by atoms with Gasteiger partial charge < -0.3 is 11.1 Å². The molecule has 0 saturated heterocycles. The van der Waals surface area contributed by atoms with E-state index in [1.165, 1.54) is 11.1 Å². The molecule has 1 aromatic heterocycles. The van der Waals surface area contributed by atoms with E-state index in [2.05, 4.69) is 44.4 Å². The summed E-state index contributed by atoms with van der Waals surface area (Å²) in [7, 11) is 0. The van der Waals surface area contributed by atoms with Crippen molar-refractivity contribution in [2.75, 3.05) is 5.32 Å². The number of halogens is 1. The number of nitrogens with two attached hydrogens (primary N) is 1. The third-order valence-electron chi connectivity index (χ3n) is 3.31. The number of benzene rings is 1. The topological polar surface area (TPSA) is 50.9 Å². The van der Waals surface area contributed by atoms with Gasteiger partial charge in [-0.15, -0.1) is 0 Å². The van der Waals surface area contributed by atoms with Gasteiger partial charge in [-0.2, -0.15) is 0 Å². The molecule has 0 aliphatic heterocycles. The zero-order chi connectivity index (χ0) is 12.5. The van der Waals surface area contributed by atoms with Crippen LogP contribution in [0.4, 0.5) is 5.69 Å². The van der Waals surface area contributed by atoms with Gasteiger partial charge in [-0.25, -0.2) is 0 Å². The largest absolute Gasteiger partial charge is 0.377 e. The van der Waals surface area contributed by atoms with Crippen molar-refractivity contribution < 1.29 is 0 Å². The first-order valence-corrected chi connectivity index (χ1v) is 6.75. The molecule has 0 bridgehead atoms. The molecule has 2 atom stereocenters. The number of nitrogens with zero attached hydrogens (tertiary/aromatic N) is 1. The van der Waals surface area contributed by atoms with Crippen LogP contribution in [0.3, 0.4) is 0 Å². The number of hydrogen-bond donors (Lipinski definition) is 2. The summed E-state index contributed by atoms with van der Waals surface area (Å²) in [6, 6.07) is 10.8. The highest BCUT2D eigenvalue weighted by molar-refractivity contribution is 9.10. The fourth-order valence-corrected chi connectivity index (χ4v) is 2.87. The molecular weight excluding hydrogens is 290 g/mol. The van der Waals surface area contributed by atoms with Crippen LogP contribution in [-0.4, -0.2) is 4.98 Å². The molecule has 1 aromatic carbocycles. The van der Waals surface area contributed by atoms with E-state index in [1.807, 2.05) is 18.3 Å². The Morgan fingerprint density at radius 1 is 1.22 bits per heavy atom. The highest BCUT2D eigenvalue weighted by atomic mass is 79.9. The standard InChI is InChI=1S/C14H14BrN3/c15-9-5-10(8-17-7-9)18-14-6-13(16)11-3-1-2-4-12(11)14/h1-5,7-8,13-14,18H,6,16H2. The summed E-state index contributed by atoms with van der Waals surface area (Å²) < 4.78 is 0.975. The molecule has 3 rings (SSSR count). The summed E-state index contributed by atoms with van der Waals surface area (Å²) in [6.45, 7) is 0. The van der Waals surface area contributed by atoms with Gasteiger partial charge in [0, 0.05) is 16.7 Å². The van der Waals surface area contributed by atoms with E-state index in [-0.39, 0.29) is 12.1 Å². The summed E-state index contributed by atoms with van der Waals surface area (Å²) in [6.07, 6.45) is 4.53. The van der Waals surface area contributed by atoms with Gasteiger partial charge in [-0.05, 0) is 39.5 Å². The number of aromatic nitrogens is 1. The Bertz CT molecular complexity index is 570. The summed E-state index contributed by atoms with van der Waals surface area (Å²) in [5.41, 5.74) is 9.71. The van der Waals surface area contributed by atoms with Crippen molar-refractivity contribution in [3.8, 4) is 0 Å². The van der Waals surface area contributed by atoms with Crippen LogP contribution in [0, 0.1) is 0 Å². The molecule has 0 fully saturated rings. The van der Waals surface area contributed by atoms with Gasteiger partial charge in [0.25, 0.3) is 0 Å². The minimum absolute atomic E-state index is 0.124. The summed E-state index contributed by atoms with van der Waals surface area (Å²) >= 11 is 3.43. The van der Waals surface area contributed by atoms with E-state index in [0.717, 1.165) is 16.6 Å². The second-order valence-corrected chi connectivity index (χ2v) is 5.48. The monoisotopic (exact) mass is 303 g/mol. The Hall–Kier alpha value is -1.39. The SMILES string of the molecule is NC1CC(Nc2cncc(Br)c2)c2ccccc21. The highest BCUT2D eigenvalue weighted by Gasteiger charge is 2.27. The molecule has 0 saturated carbocycles. The zero-order valence-corrected chi connectivity index (χ0v) is 11.4. The molecule has 3 nitrogen and oxygen atoms in total. The fourth-order valence-electron chi connectivity index (χ4n) is 2.50. The van der Waals surface area contributed by atoms with Gasteiger partial charge in [0.05, 0.1) is 17.9 Å². The maximum Gasteiger partial charge on any atom is 0.0542 e. The molecule has 1 aliphatic carbocycles.